The Kier molecular flexibility index (Phi) is 3.72. The predicted octanol–water partition coefficient (Wildman–Crippen LogP) is 3.66. The molecule has 0 unspecified atom stereocenters. The number of halogens is 1. The Bertz CT molecular complexity index is 560. The van der Waals surface area contributed by atoms with Crippen LogP contribution in [0.15, 0.2) is 39.2 Å². The lowest BCUT2D eigenvalue weighted by molar-refractivity contribution is 0.0695. The molecular formula is C13H12BrNO3. The molecule has 1 aromatic carbocycles. The highest BCUT2D eigenvalue weighted by atomic mass is 79.9. The zero-order valence-corrected chi connectivity index (χ0v) is 11.3. The van der Waals surface area contributed by atoms with Crippen LogP contribution in [-0.4, -0.2) is 11.1 Å². The zero-order valence-electron chi connectivity index (χ0n) is 9.74. The Balaban J connectivity index is 2.04. The van der Waals surface area contributed by atoms with Crippen LogP contribution in [-0.2, 0) is 6.54 Å². The molecule has 0 aliphatic heterocycles. The maximum atomic E-state index is 10.9. The molecule has 2 aromatic rings. The van der Waals surface area contributed by atoms with E-state index in [9.17, 15) is 4.79 Å². The van der Waals surface area contributed by atoms with E-state index in [1.165, 1.54) is 0 Å². The molecule has 1 aromatic heterocycles. The number of hydrogen-bond acceptors (Lipinski definition) is 3. The van der Waals surface area contributed by atoms with Gasteiger partial charge in [0.1, 0.15) is 17.1 Å². The molecule has 0 aliphatic carbocycles. The van der Waals surface area contributed by atoms with Crippen LogP contribution < -0.4 is 5.32 Å². The van der Waals surface area contributed by atoms with Crippen LogP contribution in [0.4, 0.5) is 5.69 Å². The minimum atomic E-state index is -0.967. The molecule has 0 saturated carbocycles. The summed E-state index contributed by atoms with van der Waals surface area (Å²) in [6.07, 6.45) is 0. The first-order chi connectivity index (χ1) is 8.56. The molecule has 2 rings (SSSR count). The lowest BCUT2D eigenvalue weighted by atomic mass is 10.2. The fraction of sp³-hybridized carbons (Fsp3) is 0.154. The molecule has 5 heteroatoms. The molecule has 0 saturated heterocycles. The van der Waals surface area contributed by atoms with E-state index < -0.39 is 5.97 Å². The van der Waals surface area contributed by atoms with Gasteiger partial charge in [-0.3, -0.25) is 0 Å². The van der Waals surface area contributed by atoms with Gasteiger partial charge in [0, 0.05) is 10.2 Å². The van der Waals surface area contributed by atoms with E-state index in [2.05, 4.69) is 21.2 Å². The van der Waals surface area contributed by atoms with Crippen LogP contribution in [0.1, 0.15) is 21.9 Å². The van der Waals surface area contributed by atoms with Gasteiger partial charge in [-0.25, -0.2) is 4.79 Å². The molecule has 94 valence electrons. The van der Waals surface area contributed by atoms with Gasteiger partial charge >= 0.3 is 5.97 Å². The third-order valence-electron chi connectivity index (χ3n) is 2.51. The van der Waals surface area contributed by atoms with E-state index in [-0.39, 0.29) is 5.56 Å². The van der Waals surface area contributed by atoms with Gasteiger partial charge in [0.2, 0.25) is 0 Å². The summed E-state index contributed by atoms with van der Waals surface area (Å²) >= 11 is 3.36. The number of hydrogen-bond donors (Lipinski definition) is 2. The fourth-order valence-corrected chi connectivity index (χ4v) is 1.86. The van der Waals surface area contributed by atoms with Crippen molar-refractivity contribution < 1.29 is 14.3 Å². The van der Waals surface area contributed by atoms with E-state index >= 15 is 0 Å². The first kappa shape index (κ1) is 12.7. The van der Waals surface area contributed by atoms with Crippen molar-refractivity contribution in [2.75, 3.05) is 5.32 Å². The largest absolute Gasteiger partial charge is 0.478 e. The van der Waals surface area contributed by atoms with E-state index in [4.69, 9.17) is 9.52 Å². The molecule has 4 nitrogen and oxygen atoms in total. The van der Waals surface area contributed by atoms with Gasteiger partial charge in [-0.15, -0.1) is 0 Å². The van der Waals surface area contributed by atoms with Crippen LogP contribution >= 0.6 is 15.9 Å². The van der Waals surface area contributed by atoms with Crippen molar-refractivity contribution >= 4 is 27.6 Å². The van der Waals surface area contributed by atoms with Gasteiger partial charge in [-0.05, 0) is 37.3 Å². The molecule has 0 bridgehead atoms. The van der Waals surface area contributed by atoms with Crippen LogP contribution in [0.3, 0.4) is 0 Å². The van der Waals surface area contributed by atoms with E-state index in [0.717, 1.165) is 10.2 Å². The Morgan fingerprint density at radius 2 is 2.06 bits per heavy atom. The summed E-state index contributed by atoms with van der Waals surface area (Å²) < 4.78 is 6.38. The zero-order chi connectivity index (χ0) is 13.1. The lowest BCUT2D eigenvalue weighted by Gasteiger charge is -2.03. The number of aromatic carboxylic acids is 1. The Labute approximate surface area is 113 Å². The smallest absolute Gasteiger partial charge is 0.339 e. The molecule has 2 N–H and O–H groups in total. The van der Waals surface area contributed by atoms with Crippen LogP contribution in [0.2, 0.25) is 0 Å². The van der Waals surface area contributed by atoms with Crippen molar-refractivity contribution in [3.63, 3.8) is 0 Å². The molecule has 1 heterocycles. The fourth-order valence-electron chi connectivity index (χ4n) is 1.60. The second-order valence-electron chi connectivity index (χ2n) is 3.85. The van der Waals surface area contributed by atoms with Crippen molar-refractivity contribution in [1.82, 2.24) is 0 Å². The predicted molar refractivity (Wildman–Crippen MR) is 71.9 cm³/mol. The monoisotopic (exact) mass is 309 g/mol. The topological polar surface area (TPSA) is 62.5 Å². The number of aryl methyl sites for hydroxylation is 1. The van der Waals surface area contributed by atoms with E-state index in [1.807, 2.05) is 24.3 Å². The molecule has 0 aliphatic rings. The summed E-state index contributed by atoms with van der Waals surface area (Å²) in [6, 6.07) is 9.26. The summed E-state index contributed by atoms with van der Waals surface area (Å²) in [7, 11) is 0. The lowest BCUT2D eigenvalue weighted by Crippen LogP contribution is -1.98. The van der Waals surface area contributed by atoms with Crippen molar-refractivity contribution in [2.24, 2.45) is 0 Å². The summed E-state index contributed by atoms with van der Waals surface area (Å²) in [5.41, 5.74) is 1.16. The number of nitrogens with one attached hydrogen (secondary N) is 1. The summed E-state index contributed by atoms with van der Waals surface area (Å²) in [5.74, 6) is 0.0640. The molecule has 0 atom stereocenters. The SMILES string of the molecule is Cc1oc(CNc2ccc(Br)cc2)cc1C(=O)O. The first-order valence-corrected chi connectivity index (χ1v) is 6.17. The Hall–Kier alpha value is -1.75. The second-order valence-corrected chi connectivity index (χ2v) is 4.76. The molecule has 0 radical (unpaired) electrons. The number of rotatable bonds is 4. The average molecular weight is 310 g/mol. The van der Waals surface area contributed by atoms with E-state index in [1.54, 1.807) is 13.0 Å². The maximum Gasteiger partial charge on any atom is 0.339 e. The summed E-state index contributed by atoms with van der Waals surface area (Å²) in [5, 5.41) is 12.1. The highest BCUT2D eigenvalue weighted by Crippen LogP contribution is 2.18. The second kappa shape index (κ2) is 5.27. The first-order valence-electron chi connectivity index (χ1n) is 5.38. The highest BCUT2D eigenvalue weighted by molar-refractivity contribution is 9.10. The van der Waals surface area contributed by atoms with Gasteiger partial charge < -0.3 is 14.8 Å². The number of anilines is 1. The number of benzene rings is 1. The van der Waals surface area contributed by atoms with Gasteiger partial charge in [-0.1, -0.05) is 15.9 Å². The summed E-state index contributed by atoms with van der Waals surface area (Å²) in [4.78, 5) is 10.9. The quantitative estimate of drug-likeness (QED) is 0.904. The van der Waals surface area contributed by atoms with E-state index in [0.29, 0.717) is 18.1 Å². The maximum absolute atomic E-state index is 10.9. The van der Waals surface area contributed by atoms with Gasteiger partial charge in [0.15, 0.2) is 0 Å². The minimum Gasteiger partial charge on any atom is -0.478 e. The molecule has 0 fully saturated rings. The normalized spacial score (nSPS) is 10.3. The molecule has 18 heavy (non-hydrogen) atoms. The van der Waals surface area contributed by atoms with Crippen molar-refractivity contribution in [1.29, 1.82) is 0 Å². The number of carboxylic acids is 1. The van der Waals surface area contributed by atoms with Crippen molar-refractivity contribution in [3.8, 4) is 0 Å². The standard InChI is InChI=1S/C13H12BrNO3/c1-8-12(13(16)17)6-11(18-8)7-15-10-4-2-9(14)3-5-10/h2-6,15H,7H2,1H3,(H,16,17). The van der Waals surface area contributed by atoms with Crippen molar-refractivity contribution in [2.45, 2.75) is 13.5 Å². The van der Waals surface area contributed by atoms with Crippen LogP contribution in [0.25, 0.3) is 0 Å². The van der Waals surface area contributed by atoms with Crippen LogP contribution in [0.5, 0.6) is 0 Å². The number of carboxylic acid groups (broad SMARTS) is 1. The number of furan rings is 1. The minimum absolute atomic E-state index is 0.211. The van der Waals surface area contributed by atoms with Gasteiger partial charge in [-0.2, -0.15) is 0 Å². The van der Waals surface area contributed by atoms with Crippen LogP contribution in [0, 0.1) is 6.92 Å². The highest BCUT2D eigenvalue weighted by Gasteiger charge is 2.13. The molecular weight excluding hydrogens is 298 g/mol. The molecule has 0 spiro atoms. The third-order valence-corrected chi connectivity index (χ3v) is 3.04. The van der Waals surface area contributed by atoms with Crippen molar-refractivity contribution in [3.05, 3.63) is 51.9 Å². The summed E-state index contributed by atoms with van der Waals surface area (Å²) in [6.45, 7) is 2.10. The average Bonchev–Trinajstić information content (AvgIpc) is 2.70. The Morgan fingerprint density at radius 3 is 2.61 bits per heavy atom. The number of carbonyl (C=O) groups is 1. The van der Waals surface area contributed by atoms with Gasteiger partial charge in [0.25, 0.3) is 0 Å². The van der Waals surface area contributed by atoms with Gasteiger partial charge in [0.05, 0.1) is 6.54 Å². The molecule has 0 amide bonds. The Morgan fingerprint density at radius 1 is 1.39 bits per heavy atom. The third kappa shape index (κ3) is 2.92.